The largest absolute Gasteiger partial charge is 0.393 e. The van der Waals surface area contributed by atoms with E-state index in [4.69, 9.17) is 0 Å². The Labute approximate surface area is 63.4 Å². The zero-order chi connectivity index (χ0) is 7.56. The molecule has 1 saturated carbocycles. The Hall–Kier alpha value is -0.0400. The van der Waals surface area contributed by atoms with Gasteiger partial charge in [-0.05, 0) is 24.7 Å². The third-order valence-corrected chi connectivity index (χ3v) is 2.86. The van der Waals surface area contributed by atoms with E-state index in [1.54, 1.807) is 0 Å². The third-order valence-electron chi connectivity index (χ3n) is 2.86. The van der Waals surface area contributed by atoms with Gasteiger partial charge in [-0.25, -0.2) is 0 Å². The van der Waals surface area contributed by atoms with Crippen molar-refractivity contribution in [2.45, 2.75) is 45.6 Å². The summed E-state index contributed by atoms with van der Waals surface area (Å²) in [5.74, 6) is 1.41. The molecular formula is C9H18O. The molecule has 0 unspecified atom stereocenters. The van der Waals surface area contributed by atoms with E-state index in [1.165, 1.54) is 12.8 Å². The summed E-state index contributed by atoms with van der Waals surface area (Å²) >= 11 is 0. The fourth-order valence-electron chi connectivity index (χ4n) is 1.99. The van der Waals surface area contributed by atoms with Gasteiger partial charge in [0.2, 0.25) is 0 Å². The lowest BCUT2D eigenvalue weighted by molar-refractivity contribution is 0.129. The van der Waals surface area contributed by atoms with Crippen molar-refractivity contribution in [1.82, 2.24) is 0 Å². The molecule has 0 heterocycles. The van der Waals surface area contributed by atoms with Crippen LogP contribution in [0.4, 0.5) is 0 Å². The van der Waals surface area contributed by atoms with Crippen LogP contribution in [-0.4, -0.2) is 11.2 Å². The maximum atomic E-state index is 9.49. The molecule has 0 bridgehead atoms. The van der Waals surface area contributed by atoms with Crippen molar-refractivity contribution in [3.05, 3.63) is 0 Å². The van der Waals surface area contributed by atoms with Crippen LogP contribution in [0.25, 0.3) is 0 Å². The smallest absolute Gasteiger partial charge is 0.0571 e. The normalized spacial score (nSPS) is 40.5. The first-order valence-electron chi connectivity index (χ1n) is 4.46. The first kappa shape index (κ1) is 8.06. The quantitative estimate of drug-likeness (QED) is 0.626. The third kappa shape index (κ3) is 1.51. The minimum absolute atomic E-state index is 0.00921. The Balaban J connectivity index is 2.36. The molecule has 10 heavy (non-hydrogen) atoms. The van der Waals surface area contributed by atoms with Gasteiger partial charge in [-0.15, -0.1) is 0 Å². The molecule has 1 heteroatoms. The van der Waals surface area contributed by atoms with E-state index >= 15 is 0 Å². The highest BCUT2D eigenvalue weighted by molar-refractivity contribution is 4.81. The monoisotopic (exact) mass is 142 g/mol. The van der Waals surface area contributed by atoms with Gasteiger partial charge >= 0.3 is 0 Å². The molecule has 1 fully saturated rings. The molecule has 0 aromatic heterocycles. The Kier molecular flexibility index (Phi) is 2.72. The SMILES string of the molecule is CC[C@@H]1C[C@H](CC)[C@@H](O)C1. The standard InChI is InChI=1S/C9H18O/c1-3-7-5-8(4-2)9(10)6-7/h7-10H,3-6H2,1-2H3/t7-,8+,9+/m1/s1. The summed E-state index contributed by atoms with van der Waals surface area (Å²) < 4.78 is 0. The van der Waals surface area contributed by atoms with Gasteiger partial charge in [0.05, 0.1) is 6.10 Å². The van der Waals surface area contributed by atoms with Crippen LogP contribution in [0.1, 0.15) is 39.5 Å². The average Bonchev–Trinajstić information content (AvgIpc) is 2.30. The number of rotatable bonds is 2. The second-order valence-electron chi connectivity index (χ2n) is 3.48. The van der Waals surface area contributed by atoms with E-state index < -0.39 is 0 Å². The Morgan fingerprint density at radius 1 is 1.20 bits per heavy atom. The van der Waals surface area contributed by atoms with Crippen molar-refractivity contribution in [3.63, 3.8) is 0 Å². The zero-order valence-electron chi connectivity index (χ0n) is 7.01. The zero-order valence-corrected chi connectivity index (χ0v) is 7.01. The maximum absolute atomic E-state index is 9.49. The van der Waals surface area contributed by atoms with E-state index in [0.29, 0.717) is 5.92 Å². The van der Waals surface area contributed by atoms with Gasteiger partial charge in [-0.1, -0.05) is 26.7 Å². The Morgan fingerprint density at radius 2 is 1.90 bits per heavy atom. The van der Waals surface area contributed by atoms with Gasteiger partial charge in [0.1, 0.15) is 0 Å². The summed E-state index contributed by atoms with van der Waals surface area (Å²) in [6, 6.07) is 0. The first-order valence-corrected chi connectivity index (χ1v) is 4.46. The van der Waals surface area contributed by atoms with E-state index in [2.05, 4.69) is 13.8 Å². The molecule has 0 spiro atoms. The number of aliphatic hydroxyl groups excluding tert-OH is 1. The highest BCUT2D eigenvalue weighted by atomic mass is 16.3. The predicted molar refractivity (Wildman–Crippen MR) is 42.8 cm³/mol. The Bertz CT molecular complexity index is 101. The summed E-state index contributed by atoms with van der Waals surface area (Å²) in [5, 5.41) is 9.49. The van der Waals surface area contributed by atoms with Crippen molar-refractivity contribution in [2.75, 3.05) is 0 Å². The minimum atomic E-state index is 0.00921. The molecule has 3 atom stereocenters. The number of aliphatic hydroxyl groups is 1. The van der Waals surface area contributed by atoms with Crippen LogP contribution >= 0.6 is 0 Å². The molecule has 1 aliphatic rings. The maximum Gasteiger partial charge on any atom is 0.0571 e. The molecule has 0 saturated heterocycles. The topological polar surface area (TPSA) is 20.2 Å². The molecule has 1 nitrogen and oxygen atoms in total. The fourth-order valence-corrected chi connectivity index (χ4v) is 1.99. The van der Waals surface area contributed by atoms with Crippen molar-refractivity contribution >= 4 is 0 Å². The molecule has 0 aromatic carbocycles. The number of hydrogen-bond donors (Lipinski definition) is 1. The van der Waals surface area contributed by atoms with Crippen LogP contribution in [0.5, 0.6) is 0 Å². The molecule has 0 radical (unpaired) electrons. The van der Waals surface area contributed by atoms with Gasteiger partial charge < -0.3 is 5.11 Å². The second kappa shape index (κ2) is 3.38. The lowest BCUT2D eigenvalue weighted by atomic mass is 10.0. The Morgan fingerprint density at radius 3 is 2.20 bits per heavy atom. The van der Waals surface area contributed by atoms with Crippen LogP contribution in [0.2, 0.25) is 0 Å². The minimum Gasteiger partial charge on any atom is -0.393 e. The summed E-state index contributed by atoms with van der Waals surface area (Å²) in [6.45, 7) is 4.39. The van der Waals surface area contributed by atoms with Gasteiger partial charge in [0, 0.05) is 0 Å². The van der Waals surface area contributed by atoms with E-state index in [0.717, 1.165) is 18.8 Å². The molecule has 1 aliphatic carbocycles. The second-order valence-corrected chi connectivity index (χ2v) is 3.48. The van der Waals surface area contributed by atoms with Gasteiger partial charge in [0.25, 0.3) is 0 Å². The summed E-state index contributed by atoms with van der Waals surface area (Å²) in [7, 11) is 0. The molecule has 0 amide bonds. The van der Waals surface area contributed by atoms with Crippen LogP contribution in [-0.2, 0) is 0 Å². The van der Waals surface area contributed by atoms with Crippen LogP contribution in [0.15, 0.2) is 0 Å². The van der Waals surface area contributed by atoms with Crippen molar-refractivity contribution in [3.8, 4) is 0 Å². The van der Waals surface area contributed by atoms with E-state index in [9.17, 15) is 5.11 Å². The van der Waals surface area contributed by atoms with Crippen molar-refractivity contribution in [2.24, 2.45) is 11.8 Å². The van der Waals surface area contributed by atoms with Gasteiger partial charge in [-0.3, -0.25) is 0 Å². The first-order chi connectivity index (χ1) is 4.77. The predicted octanol–water partition coefficient (Wildman–Crippen LogP) is 2.19. The summed E-state index contributed by atoms with van der Waals surface area (Å²) in [4.78, 5) is 0. The average molecular weight is 142 g/mol. The molecule has 1 rings (SSSR count). The van der Waals surface area contributed by atoms with Crippen LogP contribution < -0.4 is 0 Å². The van der Waals surface area contributed by atoms with Gasteiger partial charge in [0.15, 0.2) is 0 Å². The number of hydrogen-bond acceptors (Lipinski definition) is 1. The van der Waals surface area contributed by atoms with Crippen LogP contribution in [0, 0.1) is 11.8 Å². The molecular weight excluding hydrogens is 124 g/mol. The highest BCUT2D eigenvalue weighted by Crippen LogP contribution is 2.34. The lowest BCUT2D eigenvalue weighted by Gasteiger charge is -2.09. The van der Waals surface area contributed by atoms with Crippen molar-refractivity contribution in [1.29, 1.82) is 0 Å². The molecule has 0 aromatic rings. The molecule has 0 aliphatic heterocycles. The highest BCUT2D eigenvalue weighted by Gasteiger charge is 2.29. The van der Waals surface area contributed by atoms with Crippen LogP contribution in [0.3, 0.4) is 0 Å². The summed E-state index contributed by atoms with van der Waals surface area (Å²) in [6.07, 6.45) is 4.71. The van der Waals surface area contributed by atoms with Gasteiger partial charge in [-0.2, -0.15) is 0 Å². The van der Waals surface area contributed by atoms with Crippen molar-refractivity contribution < 1.29 is 5.11 Å². The molecule has 60 valence electrons. The molecule has 1 N–H and O–H groups in total. The summed E-state index contributed by atoms with van der Waals surface area (Å²) in [5.41, 5.74) is 0. The van der Waals surface area contributed by atoms with E-state index in [1.807, 2.05) is 0 Å². The lowest BCUT2D eigenvalue weighted by Crippen LogP contribution is -2.11. The van der Waals surface area contributed by atoms with E-state index in [-0.39, 0.29) is 6.10 Å². The fraction of sp³-hybridized carbons (Fsp3) is 1.00.